The van der Waals surface area contributed by atoms with Gasteiger partial charge in [0.15, 0.2) is 0 Å². The molecule has 4 rings (SSSR count). The van der Waals surface area contributed by atoms with Crippen molar-refractivity contribution in [2.75, 3.05) is 13.1 Å². The second-order valence-corrected chi connectivity index (χ2v) is 8.93. The van der Waals surface area contributed by atoms with E-state index in [1.807, 2.05) is 72.5 Å². The molecule has 1 saturated heterocycles. The fraction of sp³-hybridized carbons (Fsp3) is 0.407. The third-order valence-electron chi connectivity index (χ3n) is 6.59. The number of hydrogen-bond donors (Lipinski definition) is 1. The number of benzene rings is 2. The van der Waals surface area contributed by atoms with Gasteiger partial charge in [-0.25, -0.2) is 5.01 Å². The smallest absolute Gasteiger partial charge is 0.267 e. The zero-order chi connectivity index (χ0) is 23.9. The quantitative estimate of drug-likeness (QED) is 0.687. The maximum atomic E-state index is 13.1. The minimum absolute atomic E-state index is 0.00347. The van der Waals surface area contributed by atoms with E-state index in [0.29, 0.717) is 44.6 Å². The highest BCUT2D eigenvalue weighted by Gasteiger charge is 2.30. The summed E-state index contributed by atoms with van der Waals surface area (Å²) in [4.78, 5) is 40.2. The topological polar surface area (TPSA) is 82.1 Å². The Morgan fingerprint density at radius 3 is 2.29 bits per heavy atom. The molecule has 0 radical (unpaired) electrons. The van der Waals surface area contributed by atoms with Gasteiger partial charge >= 0.3 is 0 Å². The lowest BCUT2D eigenvalue weighted by Crippen LogP contribution is -2.49. The van der Waals surface area contributed by atoms with Crippen molar-refractivity contribution in [2.45, 2.75) is 57.5 Å². The Hall–Kier alpha value is -3.48. The van der Waals surface area contributed by atoms with Crippen molar-refractivity contribution < 1.29 is 14.4 Å². The van der Waals surface area contributed by atoms with E-state index in [1.54, 1.807) is 0 Å². The van der Waals surface area contributed by atoms with Gasteiger partial charge in [-0.15, -0.1) is 0 Å². The van der Waals surface area contributed by atoms with E-state index in [2.05, 4.69) is 10.4 Å². The Bertz CT molecular complexity index is 1030. The molecule has 7 heteroatoms. The van der Waals surface area contributed by atoms with Crippen molar-refractivity contribution in [3.63, 3.8) is 0 Å². The predicted molar refractivity (Wildman–Crippen MR) is 131 cm³/mol. The summed E-state index contributed by atoms with van der Waals surface area (Å²) in [6.45, 7) is 3.65. The lowest BCUT2D eigenvalue weighted by molar-refractivity contribution is -0.134. The van der Waals surface area contributed by atoms with Crippen LogP contribution in [0.5, 0.6) is 0 Å². The molecule has 0 bridgehead atoms. The van der Waals surface area contributed by atoms with Gasteiger partial charge in [0, 0.05) is 32.0 Å². The van der Waals surface area contributed by atoms with E-state index in [1.165, 1.54) is 5.01 Å². The number of carbonyl (C=O) groups excluding carboxylic acids is 3. The highest BCUT2D eigenvalue weighted by molar-refractivity contribution is 6.39. The summed E-state index contributed by atoms with van der Waals surface area (Å²) in [5.74, 6) is -0.260. The molecule has 2 aliphatic heterocycles. The zero-order valence-electron chi connectivity index (χ0n) is 19.7. The van der Waals surface area contributed by atoms with E-state index >= 15 is 0 Å². The van der Waals surface area contributed by atoms with Gasteiger partial charge < -0.3 is 10.2 Å². The van der Waals surface area contributed by atoms with E-state index in [-0.39, 0.29) is 36.1 Å². The summed E-state index contributed by atoms with van der Waals surface area (Å²) in [7, 11) is 0. The molecular weight excluding hydrogens is 428 g/mol. The van der Waals surface area contributed by atoms with Crippen LogP contribution >= 0.6 is 0 Å². The molecule has 2 aliphatic rings. The molecular formula is C27H32N4O3. The minimum Gasteiger partial charge on any atom is -0.348 e. The summed E-state index contributed by atoms with van der Waals surface area (Å²) < 4.78 is 0. The molecule has 7 nitrogen and oxygen atoms in total. The number of likely N-dealkylation sites (tertiary alicyclic amines) is 1. The first kappa shape index (κ1) is 23.7. The van der Waals surface area contributed by atoms with Gasteiger partial charge in [0.05, 0.1) is 12.5 Å². The molecule has 2 heterocycles. The zero-order valence-corrected chi connectivity index (χ0v) is 19.7. The van der Waals surface area contributed by atoms with Gasteiger partial charge in [0.1, 0.15) is 5.71 Å². The van der Waals surface area contributed by atoms with Crippen LogP contribution in [0.1, 0.15) is 56.1 Å². The lowest BCUT2D eigenvalue weighted by atomic mass is 9.93. The van der Waals surface area contributed by atoms with E-state index in [9.17, 15) is 14.4 Å². The number of hydrogen-bond acceptors (Lipinski definition) is 4. The monoisotopic (exact) mass is 460 g/mol. The van der Waals surface area contributed by atoms with Crippen molar-refractivity contribution in [3.8, 4) is 0 Å². The molecule has 0 aliphatic carbocycles. The molecule has 178 valence electrons. The molecule has 1 N–H and O–H groups in total. The van der Waals surface area contributed by atoms with Crippen LogP contribution in [0.25, 0.3) is 0 Å². The average Bonchev–Trinajstić information content (AvgIpc) is 2.87. The largest absolute Gasteiger partial charge is 0.348 e. The first-order chi connectivity index (χ1) is 16.5. The second kappa shape index (κ2) is 11.1. The molecule has 0 saturated carbocycles. The van der Waals surface area contributed by atoms with Gasteiger partial charge in [0.2, 0.25) is 11.8 Å². The Kier molecular flexibility index (Phi) is 7.72. The Balaban J connectivity index is 1.31. The summed E-state index contributed by atoms with van der Waals surface area (Å²) in [5, 5.41) is 8.83. The molecule has 3 amide bonds. The molecule has 2 aromatic rings. The molecule has 1 fully saturated rings. The summed E-state index contributed by atoms with van der Waals surface area (Å²) >= 11 is 0. The highest BCUT2D eigenvalue weighted by atomic mass is 16.2. The molecule has 1 unspecified atom stereocenters. The van der Waals surface area contributed by atoms with Crippen molar-refractivity contribution in [2.24, 2.45) is 5.10 Å². The first-order valence-electron chi connectivity index (χ1n) is 12.1. The SMILES string of the molecule is CCC(C(=O)N1CCC(NC(=O)C2=NN(Cc3ccccc3)C(=O)CC2)CC1)c1ccccc1. The molecule has 2 aromatic carbocycles. The van der Waals surface area contributed by atoms with Crippen molar-refractivity contribution in [1.82, 2.24) is 15.2 Å². The predicted octanol–water partition coefficient (Wildman–Crippen LogP) is 3.47. The van der Waals surface area contributed by atoms with Crippen molar-refractivity contribution in [3.05, 3.63) is 71.8 Å². The van der Waals surface area contributed by atoms with Crippen LogP contribution in [-0.2, 0) is 20.9 Å². The third-order valence-corrected chi connectivity index (χ3v) is 6.59. The third kappa shape index (κ3) is 5.71. The maximum absolute atomic E-state index is 13.1. The van der Waals surface area contributed by atoms with Crippen LogP contribution in [-0.4, -0.2) is 52.5 Å². The minimum atomic E-state index is -0.217. The van der Waals surface area contributed by atoms with Crippen LogP contribution < -0.4 is 5.32 Å². The van der Waals surface area contributed by atoms with Gasteiger partial charge in [-0.05, 0) is 30.4 Å². The lowest BCUT2D eigenvalue weighted by Gasteiger charge is -2.34. The van der Waals surface area contributed by atoms with Crippen LogP contribution in [0.3, 0.4) is 0 Å². The van der Waals surface area contributed by atoms with E-state index < -0.39 is 0 Å². The van der Waals surface area contributed by atoms with Crippen LogP contribution in [0.4, 0.5) is 0 Å². The van der Waals surface area contributed by atoms with Gasteiger partial charge in [-0.1, -0.05) is 67.6 Å². The van der Waals surface area contributed by atoms with Crippen LogP contribution in [0.2, 0.25) is 0 Å². The molecule has 0 spiro atoms. The number of rotatable bonds is 7. The number of piperidine rings is 1. The fourth-order valence-corrected chi connectivity index (χ4v) is 4.62. The van der Waals surface area contributed by atoms with Gasteiger partial charge in [-0.2, -0.15) is 5.10 Å². The Morgan fingerprint density at radius 1 is 1.00 bits per heavy atom. The second-order valence-electron chi connectivity index (χ2n) is 8.93. The molecule has 34 heavy (non-hydrogen) atoms. The number of hydrazone groups is 1. The summed E-state index contributed by atoms with van der Waals surface area (Å²) in [6, 6.07) is 19.5. The summed E-state index contributed by atoms with van der Waals surface area (Å²) in [6.07, 6.45) is 2.81. The van der Waals surface area contributed by atoms with Crippen molar-refractivity contribution in [1.29, 1.82) is 0 Å². The molecule has 0 aromatic heterocycles. The fourth-order valence-electron chi connectivity index (χ4n) is 4.62. The van der Waals surface area contributed by atoms with E-state index in [0.717, 1.165) is 17.5 Å². The number of nitrogens with zero attached hydrogens (tertiary/aromatic N) is 3. The maximum Gasteiger partial charge on any atom is 0.267 e. The molecule has 1 atom stereocenters. The van der Waals surface area contributed by atoms with E-state index in [4.69, 9.17) is 0 Å². The van der Waals surface area contributed by atoms with Crippen molar-refractivity contribution >= 4 is 23.4 Å². The Labute approximate surface area is 200 Å². The standard InChI is InChI=1S/C27H32N4O3/c1-2-23(21-11-7-4-8-12-21)27(34)30-17-15-22(16-18-30)28-26(33)24-13-14-25(32)31(29-24)19-20-9-5-3-6-10-20/h3-12,22-23H,2,13-19H2,1H3,(H,28,33). The number of amides is 3. The summed E-state index contributed by atoms with van der Waals surface area (Å²) in [5.41, 5.74) is 2.42. The average molecular weight is 461 g/mol. The van der Waals surface area contributed by atoms with Gasteiger partial charge in [-0.3, -0.25) is 14.4 Å². The van der Waals surface area contributed by atoms with Crippen LogP contribution in [0.15, 0.2) is 65.8 Å². The first-order valence-corrected chi connectivity index (χ1v) is 12.1. The number of nitrogens with one attached hydrogen (secondary N) is 1. The van der Waals surface area contributed by atoms with Gasteiger partial charge in [0.25, 0.3) is 5.91 Å². The normalized spacial score (nSPS) is 17.8. The Morgan fingerprint density at radius 2 is 1.65 bits per heavy atom. The number of carbonyl (C=O) groups is 3. The highest BCUT2D eigenvalue weighted by Crippen LogP contribution is 2.24. The van der Waals surface area contributed by atoms with Crippen LogP contribution in [0, 0.1) is 0 Å².